The van der Waals surface area contributed by atoms with Crippen LogP contribution in [0, 0.1) is 5.82 Å². The average Bonchev–Trinajstić information content (AvgIpc) is 2.37. The maximum Gasteiger partial charge on any atom is 0.261 e. The summed E-state index contributed by atoms with van der Waals surface area (Å²) in [7, 11) is 0. The van der Waals surface area contributed by atoms with Crippen LogP contribution in [0.4, 0.5) is 4.39 Å². The molecule has 0 fully saturated rings. The Hall–Kier alpha value is -1.62. The third-order valence-corrected chi connectivity index (χ3v) is 3.48. The smallest absolute Gasteiger partial charge is 0.261 e. The molecule has 1 amide bonds. The van der Waals surface area contributed by atoms with Gasteiger partial charge in [0.15, 0.2) is 6.10 Å². The molecule has 0 bridgehead atoms. The van der Waals surface area contributed by atoms with E-state index < -0.39 is 11.9 Å². The molecule has 1 aromatic rings. The second kappa shape index (κ2) is 6.89. The standard InChI is InChI=1S/C16H25FN2O2/c1-6-16(4,5)19-15(20)11(3)21-14-9-12(17)7-8-13(14)10(2)18/h7-11H,6,18H2,1-5H3,(H,19,20)/t10-,11?/m0/s1. The normalized spacial score (nSPS) is 14.4. The number of nitrogens with two attached hydrogens (primary N) is 1. The van der Waals surface area contributed by atoms with Crippen LogP contribution >= 0.6 is 0 Å². The number of halogens is 1. The van der Waals surface area contributed by atoms with Crippen LogP contribution in [0.2, 0.25) is 0 Å². The molecule has 0 aliphatic heterocycles. The number of hydrogen-bond donors (Lipinski definition) is 2. The summed E-state index contributed by atoms with van der Waals surface area (Å²) in [5, 5.41) is 2.90. The maximum atomic E-state index is 13.4. The molecular formula is C16H25FN2O2. The van der Waals surface area contributed by atoms with Crippen molar-refractivity contribution in [2.45, 2.75) is 58.7 Å². The van der Waals surface area contributed by atoms with Crippen molar-refractivity contribution < 1.29 is 13.9 Å². The quantitative estimate of drug-likeness (QED) is 0.848. The number of nitrogens with one attached hydrogen (secondary N) is 1. The third-order valence-electron chi connectivity index (χ3n) is 3.48. The molecule has 5 heteroatoms. The minimum Gasteiger partial charge on any atom is -0.480 e. The van der Waals surface area contributed by atoms with Gasteiger partial charge in [0, 0.05) is 23.2 Å². The van der Waals surface area contributed by atoms with Crippen molar-refractivity contribution in [3.8, 4) is 5.75 Å². The largest absolute Gasteiger partial charge is 0.480 e. The number of amides is 1. The first kappa shape index (κ1) is 17.4. The van der Waals surface area contributed by atoms with Crippen molar-refractivity contribution in [2.24, 2.45) is 5.73 Å². The molecule has 3 N–H and O–H groups in total. The van der Waals surface area contributed by atoms with Crippen LogP contribution in [-0.2, 0) is 4.79 Å². The summed E-state index contributed by atoms with van der Waals surface area (Å²) >= 11 is 0. The van der Waals surface area contributed by atoms with E-state index in [0.717, 1.165) is 6.42 Å². The lowest BCUT2D eigenvalue weighted by Gasteiger charge is -2.27. The van der Waals surface area contributed by atoms with Gasteiger partial charge >= 0.3 is 0 Å². The van der Waals surface area contributed by atoms with Crippen LogP contribution in [0.25, 0.3) is 0 Å². The van der Waals surface area contributed by atoms with Crippen molar-refractivity contribution in [2.75, 3.05) is 0 Å². The molecule has 0 aliphatic rings. The zero-order chi connectivity index (χ0) is 16.2. The average molecular weight is 296 g/mol. The summed E-state index contributed by atoms with van der Waals surface area (Å²) in [6, 6.07) is 3.86. The van der Waals surface area contributed by atoms with E-state index in [1.165, 1.54) is 12.1 Å². The first-order chi connectivity index (χ1) is 9.66. The zero-order valence-electron chi connectivity index (χ0n) is 13.4. The maximum absolute atomic E-state index is 13.4. The third kappa shape index (κ3) is 5.01. The van der Waals surface area contributed by atoms with Crippen LogP contribution in [0.1, 0.15) is 52.6 Å². The lowest BCUT2D eigenvalue weighted by molar-refractivity contribution is -0.129. The highest BCUT2D eigenvalue weighted by Gasteiger charge is 2.24. The lowest BCUT2D eigenvalue weighted by atomic mass is 10.0. The van der Waals surface area contributed by atoms with E-state index in [4.69, 9.17) is 10.5 Å². The van der Waals surface area contributed by atoms with Gasteiger partial charge in [-0.1, -0.05) is 13.0 Å². The molecule has 1 rings (SSSR count). The first-order valence-electron chi connectivity index (χ1n) is 7.20. The van der Waals surface area contributed by atoms with E-state index in [9.17, 15) is 9.18 Å². The summed E-state index contributed by atoms with van der Waals surface area (Å²) in [5.74, 6) is -0.348. The fraction of sp³-hybridized carbons (Fsp3) is 0.562. The van der Waals surface area contributed by atoms with Crippen molar-refractivity contribution in [1.29, 1.82) is 0 Å². The number of benzene rings is 1. The van der Waals surface area contributed by atoms with Gasteiger partial charge in [0.25, 0.3) is 5.91 Å². The summed E-state index contributed by atoms with van der Waals surface area (Å²) in [5.41, 5.74) is 6.20. The zero-order valence-corrected chi connectivity index (χ0v) is 13.4. The van der Waals surface area contributed by atoms with E-state index in [-0.39, 0.29) is 17.5 Å². The monoisotopic (exact) mass is 296 g/mol. The van der Waals surface area contributed by atoms with Crippen molar-refractivity contribution in [3.63, 3.8) is 0 Å². The minimum atomic E-state index is -0.727. The first-order valence-corrected chi connectivity index (χ1v) is 7.20. The van der Waals surface area contributed by atoms with E-state index in [1.807, 2.05) is 20.8 Å². The van der Waals surface area contributed by atoms with E-state index in [2.05, 4.69) is 5.32 Å². The molecular weight excluding hydrogens is 271 g/mol. The summed E-state index contributed by atoms with van der Waals surface area (Å²) in [6.45, 7) is 9.29. The van der Waals surface area contributed by atoms with E-state index >= 15 is 0 Å². The number of carbonyl (C=O) groups is 1. The van der Waals surface area contributed by atoms with Gasteiger partial charge in [0.2, 0.25) is 0 Å². The Morgan fingerprint density at radius 2 is 2.05 bits per heavy atom. The Kier molecular flexibility index (Phi) is 5.72. The second-order valence-electron chi connectivity index (χ2n) is 5.96. The van der Waals surface area contributed by atoms with E-state index in [0.29, 0.717) is 11.3 Å². The van der Waals surface area contributed by atoms with Gasteiger partial charge in [-0.15, -0.1) is 0 Å². The topological polar surface area (TPSA) is 64.3 Å². The highest BCUT2D eigenvalue weighted by Crippen LogP contribution is 2.26. The molecule has 0 radical (unpaired) electrons. The van der Waals surface area contributed by atoms with Gasteiger partial charge in [-0.3, -0.25) is 4.79 Å². The molecule has 0 spiro atoms. The minimum absolute atomic E-state index is 0.235. The SMILES string of the molecule is CCC(C)(C)NC(=O)C(C)Oc1cc(F)ccc1[C@H](C)N. The van der Waals surface area contributed by atoms with E-state index in [1.54, 1.807) is 19.9 Å². The van der Waals surface area contributed by atoms with Gasteiger partial charge in [-0.2, -0.15) is 0 Å². The summed E-state index contributed by atoms with van der Waals surface area (Å²) in [6.07, 6.45) is 0.0754. The van der Waals surface area contributed by atoms with Crippen LogP contribution in [0.15, 0.2) is 18.2 Å². The van der Waals surface area contributed by atoms with Gasteiger partial charge in [0.05, 0.1) is 0 Å². The Morgan fingerprint density at radius 1 is 1.43 bits per heavy atom. The fourth-order valence-corrected chi connectivity index (χ4v) is 1.75. The molecule has 0 heterocycles. The Labute approximate surface area is 125 Å². The van der Waals surface area contributed by atoms with Gasteiger partial charge in [-0.25, -0.2) is 4.39 Å². The molecule has 1 unspecified atom stereocenters. The number of hydrogen-bond acceptors (Lipinski definition) is 3. The number of ether oxygens (including phenoxy) is 1. The van der Waals surface area contributed by atoms with Crippen LogP contribution in [0.3, 0.4) is 0 Å². The number of rotatable bonds is 6. The summed E-state index contributed by atoms with van der Waals surface area (Å²) < 4.78 is 19.0. The Balaban J connectivity index is 2.85. The predicted octanol–water partition coefficient (Wildman–Crippen LogP) is 2.92. The fourth-order valence-electron chi connectivity index (χ4n) is 1.75. The molecule has 2 atom stereocenters. The van der Waals surface area contributed by atoms with Crippen LogP contribution in [0.5, 0.6) is 5.75 Å². The van der Waals surface area contributed by atoms with Gasteiger partial charge in [0.1, 0.15) is 11.6 Å². The van der Waals surface area contributed by atoms with Gasteiger partial charge < -0.3 is 15.8 Å². The van der Waals surface area contributed by atoms with Crippen molar-refractivity contribution in [1.82, 2.24) is 5.32 Å². The van der Waals surface area contributed by atoms with Crippen molar-refractivity contribution >= 4 is 5.91 Å². The number of carbonyl (C=O) groups excluding carboxylic acids is 1. The van der Waals surface area contributed by atoms with Crippen LogP contribution < -0.4 is 15.8 Å². The highest BCUT2D eigenvalue weighted by molar-refractivity contribution is 5.81. The molecule has 0 aliphatic carbocycles. The molecule has 0 aromatic heterocycles. The lowest BCUT2D eigenvalue weighted by Crippen LogP contribution is -2.48. The molecule has 21 heavy (non-hydrogen) atoms. The molecule has 0 saturated carbocycles. The van der Waals surface area contributed by atoms with Crippen LogP contribution in [-0.4, -0.2) is 17.6 Å². The van der Waals surface area contributed by atoms with Gasteiger partial charge in [-0.05, 0) is 40.2 Å². The molecule has 118 valence electrons. The summed E-state index contributed by atoms with van der Waals surface area (Å²) in [4.78, 5) is 12.1. The molecule has 1 aromatic carbocycles. The predicted molar refractivity (Wildman–Crippen MR) is 81.6 cm³/mol. The second-order valence-corrected chi connectivity index (χ2v) is 5.96. The Bertz CT molecular complexity index is 501. The Morgan fingerprint density at radius 3 is 2.57 bits per heavy atom. The highest BCUT2D eigenvalue weighted by atomic mass is 19.1. The molecule has 0 saturated heterocycles. The molecule has 4 nitrogen and oxygen atoms in total. The van der Waals surface area contributed by atoms with Crippen molar-refractivity contribution in [3.05, 3.63) is 29.6 Å².